The van der Waals surface area contributed by atoms with Crippen molar-refractivity contribution in [2.24, 2.45) is 11.3 Å². The van der Waals surface area contributed by atoms with E-state index in [0.29, 0.717) is 18.5 Å². The average Bonchev–Trinajstić information content (AvgIpc) is 2.82. The number of hydrogen-bond donors (Lipinski definition) is 2. The smallest absolute Gasteiger partial charge is 0.228 e. The fourth-order valence-corrected chi connectivity index (χ4v) is 6.43. The summed E-state index contributed by atoms with van der Waals surface area (Å²) in [5.74, 6) is 1.41. The lowest BCUT2D eigenvalue weighted by Gasteiger charge is -2.50. The molecule has 0 bridgehead atoms. The van der Waals surface area contributed by atoms with E-state index in [-0.39, 0.29) is 36.1 Å². The Kier molecular flexibility index (Phi) is 9.38. The molecule has 2 aliphatic heterocycles. The van der Waals surface area contributed by atoms with E-state index in [1.807, 2.05) is 0 Å². The van der Waals surface area contributed by atoms with Crippen LogP contribution >= 0.6 is 24.8 Å². The van der Waals surface area contributed by atoms with Crippen molar-refractivity contribution in [3.8, 4) is 0 Å². The van der Waals surface area contributed by atoms with Crippen molar-refractivity contribution in [3.63, 3.8) is 0 Å². The number of fused-ring (bicyclic) bond motifs is 2. The Balaban J connectivity index is 0.00000153. The Morgan fingerprint density at radius 2 is 1.97 bits per heavy atom. The fraction of sp³-hybridized carbons (Fsp3) is 0.792. The minimum atomic E-state index is -0.287. The first-order valence-electron chi connectivity index (χ1n) is 12.3. The molecule has 0 aromatic carbocycles. The number of nitrogens with zero attached hydrogens (tertiary/aromatic N) is 3. The first-order chi connectivity index (χ1) is 15.2. The predicted octanol–water partition coefficient (Wildman–Crippen LogP) is 2.60. The number of hydrogen-bond acceptors (Lipinski definition) is 6. The molecule has 5 rings (SSSR count). The lowest BCUT2D eigenvalue weighted by molar-refractivity contribution is -0.140. The SMILES string of the molecule is Cc1nc(CNC(=O)[C@@]23CC[C@H](N4CCOCC4)C[C@H]2CCNC3)nc2c1CCCC2.Cl.Cl. The van der Waals surface area contributed by atoms with E-state index in [1.165, 1.54) is 24.1 Å². The molecule has 1 aromatic rings. The van der Waals surface area contributed by atoms with Gasteiger partial charge in [0.15, 0.2) is 0 Å². The molecule has 9 heteroatoms. The molecule has 0 radical (unpaired) electrons. The molecule has 1 saturated carbocycles. The first kappa shape index (κ1) is 26.6. The maximum atomic E-state index is 13.5. The average molecular weight is 501 g/mol. The van der Waals surface area contributed by atoms with E-state index in [4.69, 9.17) is 14.7 Å². The quantitative estimate of drug-likeness (QED) is 0.662. The summed E-state index contributed by atoms with van der Waals surface area (Å²) in [7, 11) is 0. The Bertz CT molecular complexity index is 820. The van der Waals surface area contributed by atoms with Gasteiger partial charge in [-0.1, -0.05) is 0 Å². The van der Waals surface area contributed by atoms with Gasteiger partial charge in [0.1, 0.15) is 5.82 Å². The number of piperidine rings is 1. The number of rotatable bonds is 4. The van der Waals surface area contributed by atoms with Crippen LogP contribution in [0.2, 0.25) is 0 Å². The third-order valence-corrected chi connectivity index (χ3v) is 8.23. The van der Waals surface area contributed by atoms with E-state index in [9.17, 15) is 4.79 Å². The molecule has 2 aliphatic carbocycles. The Morgan fingerprint density at radius 1 is 1.18 bits per heavy atom. The maximum Gasteiger partial charge on any atom is 0.228 e. The first-order valence-corrected chi connectivity index (χ1v) is 12.3. The Labute approximate surface area is 210 Å². The molecule has 4 aliphatic rings. The third-order valence-electron chi connectivity index (χ3n) is 8.23. The summed E-state index contributed by atoms with van der Waals surface area (Å²) in [6.45, 7) is 8.08. The van der Waals surface area contributed by atoms with Crippen LogP contribution in [0.25, 0.3) is 0 Å². The molecule has 7 nitrogen and oxygen atoms in total. The number of aryl methyl sites for hydroxylation is 2. The second-order valence-electron chi connectivity index (χ2n) is 9.94. The number of aromatic nitrogens is 2. The van der Waals surface area contributed by atoms with Gasteiger partial charge in [0.25, 0.3) is 0 Å². The number of nitrogens with one attached hydrogen (secondary N) is 2. The summed E-state index contributed by atoms with van der Waals surface area (Å²) in [5, 5.41) is 6.77. The van der Waals surface area contributed by atoms with E-state index in [1.54, 1.807) is 0 Å². The van der Waals surface area contributed by atoms with Gasteiger partial charge >= 0.3 is 0 Å². The van der Waals surface area contributed by atoms with E-state index in [0.717, 1.165) is 89.4 Å². The standard InChI is InChI=1S/C24H37N5O2.2ClH/c1-17-20-4-2-3-5-21(20)28-22(27-17)15-26-23(30)24-8-6-19(29-10-12-31-13-11-29)14-18(24)7-9-25-16-24;;/h18-19,25H,2-16H2,1H3,(H,26,30);2*1H/t18-,19+,24-;;/m1../s1. The van der Waals surface area contributed by atoms with Crippen LogP contribution in [0, 0.1) is 18.3 Å². The van der Waals surface area contributed by atoms with Crippen molar-refractivity contribution in [2.45, 2.75) is 70.9 Å². The Morgan fingerprint density at radius 3 is 2.79 bits per heavy atom. The van der Waals surface area contributed by atoms with Crippen LogP contribution in [0.4, 0.5) is 0 Å². The molecule has 186 valence electrons. The van der Waals surface area contributed by atoms with Crippen LogP contribution in [0.1, 0.15) is 61.3 Å². The van der Waals surface area contributed by atoms with Gasteiger partial charge in [-0.15, -0.1) is 24.8 Å². The van der Waals surface area contributed by atoms with Gasteiger partial charge in [0.2, 0.25) is 5.91 Å². The number of halogens is 2. The van der Waals surface area contributed by atoms with Crippen LogP contribution in [-0.4, -0.2) is 66.2 Å². The van der Waals surface area contributed by atoms with Gasteiger partial charge in [0, 0.05) is 37.1 Å². The highest BCUT2D eigenvalue weighted by Gasteiger charge is 2.50. The van der Waals surface area contributed by atoms with E-state index < -0.39 is 0 Å². The second-order valence-corrected chi connectivity index (χ2v) is 9.94. The summed E-state index contributed by atoms with van der Waals surface area (Å²) in [5.41, 5.74) is 3.34. The number of carbonyl (C=O) groups excluding carboxylic acids is 1. The number of carbonyl (C=O) groups is 1. The van der Waals surface area contributed by atoms with Crippen LogP contribution in [-0.2, 0) is 28.9 Å². The monoisotopic (exact) mass is 499 g/mol. The molecule has 1 aromatic heterocycles. The van der Waals surface area contributed by atoms with Gasteiger partial charge in [0.05, 0.1) is 25.2 Å². The molecule has 1 amide bonds. The third kappa shape index (κ3) is 5.48. The summed E-state index contributed by atoms with van der Waals surface area (Å²) < 4.78 is 5.54. The van der Waals surface area contributed by atoms with Crippen LogP contribution < -0.4 is 10.6 Å². The maximum absolute atomic E-state index is 13.5. The van der Waals surface area contributed by atoms with Gasteiger partial charge in [-0.25, -0.2) is 9.97 Å². The zero-order valence-electron chi connectivity index (χ0n) is 19.7. The van der Waals surface area contributed by atoms with Gasteiger partial charge in [-0.2, -0.15) is 0 Å². The molecule has 3 heterocycles. The molecule has 3 atom stereocenters. The van der Waals surface area contributed by atoms with Crippen molar-refractivity contribution in [1.29, 1.82) is 0 Å². The van der Waals surface area contributed by atoms with Crippen molar-refractivity contribution in [1.82, 2.24) is 25.5 Å². The summed E-state index contributed by atoms with van der Waals surface area (Å²) in [6.07, 6.45) is 8.84. The zero-order valence-corrected chi connectivity index (χ0v) is 21.4. The number of amides is 1. The minimum Gasteiger partial charge on any atom is -0.379 e. The number of morpholine rings is 1. The van der Waals surface area contributed by atoms with Gasteiger partial charge < -0.3 is 15.4 Å². The summed E-state index contributed by atoms with van der Waals surface area (Å²) in [6, 6.07) is 0.597. The molecule has 2 saturated heterocycles. The molecule has 2 N–H and O–H groups in total. The molecule has 33 heavy (non-hydrogen) atoms. The molecular weight excluding hydrogens is 461 g/mol. The normalized spacial score (nSPS) is 29.6. The second kappa shape index (κ2) is 11.6. The van der Waals surface area contributed by atoms with Crippen LogP contribution in [0.15, 0.2) is 0 Å². The van der Waals surface area contributed by atoms with Crippen molar-refractivity contribution in [2.75, 3.05) is 39.4 Å². The number of ether oxygens (including phenoxy) is 1. The van der Waals surface area contributed by atoms with Crippen LogP contribution in [0.5, 0.6) is 0 Å². The molecule has 0 unspecified atom stereocenters. The van der Waals surface area contributed by atoms with Crippen molar-refractivity contribution < 1.29 is 9.53 Å². The molecular formula is C24H39Cl2N5O2. The zero-order chi connectivity index (χ0) is 21.3. The topological polar surface area (TPSA) is 79.4 Å². The summed E-state index contributed by atoms with van der Waals surface area (Å²) in [4.78, 5) is 25.7. The largest absolute Gasteiger partial charge is 0.379 e. The van der Waals surface area contributed by atoms with E-state index in [2.05, 4.69) is 22.5 Å². The van der Waals surface area contributed by atoms with Gasteiger partial charge in [-0.3, -0.25) is 9.69 Å². The van der Waals surface area contributed by atoms with Crippen LogP contribution in [0.3, 0.4) is 0 Å². The summed E-state index contributed by atoms with van der Waals surface area (Å²) >= 11 is 0. The highest BCUT2D eigenvalue weighted by atomic mass is 35.5. The van der Waals surface area contributed by atoms with Crippen molar-refractivity contribution >= 4 is 30.7 Å². The minimum absolute atomic E-state index is 0. The highest BCUT2D eigenvalue weighted by Crippen LogP contribution is 2.46. The van der Waals surface area contributed by atoms with Gasteiger partial charge in [-0.05, 0) is 76.3 Å². The Hall–Kier alpha value is -0.990. The molecule has 0 spiro atoms. The molecule has 3 fully saturated rings. The van der Waals surface area contributed by atoms with E-state index >= 15 is 0 Å². The predicted molar refractivity (Wildman–Crippen MR) is 133 cm³/mol. The lowest BCUT2D eigenvalue weighted by Crippen LogP contribution is -2.60. The highest BCUT2D eigenvalue weighted by molar-refractivity contribution is 5.85. The lowest BCUT2D eigenvalue weighted by atomic mass is 9.61. The fourth-order valence-electron chi connectivity index (χ4n) is 6.43. The van der Waals surface area contributed by atoms with Crippen molar-refractivity contribution in [3.05, 3.63) is 22.8 Å².